The number of hydrogen-bond acceptors (Lipinski definition) is 9. The second kappa shape index (κ2) is 20.8. The Hall–Kier alpha value is -5.08. The molecule has 0 bridgehead atoms. The predicted octanol–water partition coefficient (Wildman–Crippen LogP) is 3.52. The molecule has 3 N–H and O–H groups in total. The number of rotatable bonds is 18. The van der Waals surface area contributed by atoms with Crippen LogP contribution in [0, 0.1) is 11.8 Å². The van der Waals surface area contributed by atoms with Gasteiger partial charge in [-0.25, -0.2) is 0 Å². The Labute approximate surface area is 265 Å². The Balaban J connectivity index is 1.59. The number of allylic oxidation sites excluding steroid dienone is 3. The van der Waals surface area contributed by atoms with Crippen LogP contribution in [0.1, 0.15) is 24.0 Å². The SMILES string of the molecule is COc1cc(C#C/C=C/C(=O)NCCCNCCCNC(=O)/C=C/C=C/c2cc(OC)c(OC)c(OC)c2)cc(OC)c1OC. The Bertz CT molecular complexity index is 1360. The minimum atomic E-state index is -0.219. The Morgan fingerprint density at radius 2 is 1.13 bits per heavy atom. The van der Waals surface area contributed by atoms with Crippen molar-refractivity contribution in [1.82, 2.24) is 16.0 Å². The molecule has 2 aromatic carbocycles. The molecule has 2 aromatic rings. The first-order valence-electron chi connectivity index (χ1n) is 14.3. The third-order valence-electron chi connectivity index (χ3n) is 6.19. The summed E-state index contributed by atoms with van der Waals surface area (Å²) in [5.74, 6) is 8.54. The lowest BCUT2D eigenvalue weighted by Crippen LogP contribution is -2.28. The number of carbonyl (C=O) groups is 2. The molecule has 2 amide bonds. The smallest absolute Gasteiger partial charge is 0.244 e. The van der Waals surface area contributed by atoms with Crippen LogP contribution in [0.5, 0.6) is 34.5 Å². The van der Waals surface area contributed by atoms with Gasteiger partial charge in [0.05, 0.1) is 42.7 Å². The first kappa shape index (κ1) is 36.1. The summed E-state index contributed by atoms with van der Waals surface area (Å²) in [5, 5.41) is 8.97. The highest BCUT2D eigenvalue weighted by Crippen LogP contribution is 2.39. The zero-order valence-electron chi connectivity index (χ0n) is 26.8. The fraction of sp³-hybridized carbons (Fsp3) is 0.353. The first-order valence-corrected chi connectivity index (χ1v) is 14.3. The van der Waals surface area contributed by atoms with Gasteiger partial charge in [0.1, 0.15) is 0 Å². The van der Waals surface area contributed by atoms with E-state index in [2.05, 4.69) is 27.8 Å². The molecular formula is C34H43N3O8. The van der Waals surface area contributed by atoms with E-state index < -0.39 is 0 Å². The van der Waals surface area contributed by atoms with E-state index in [0.29, 0.717) is 53.2 Å². The minimum Gasteiger partial charge on any atom is -0.493 e. The van der Waals surface area contributed by atoms with Crippen molar-refractivity contribution in [3.8, 4) is 46.3 Å². The number of amides is 2. The summed E-state index contributed by atoms with van der Waals surface area (Å²) >= 11 is 0. The zero-order chi connectivity index (χ0) is 32.9. The zero-order valence-corrected chi connectivity index (χ0v) is 26.8. The van der Waals surface area contributed by atoms with Gasteiger partial charge in [-0.2, -0.15) is 0 Å². The van der Waals surface area contributed by atoms with Crippen molar-refractivity contribution in [2.24, 2.45) is 0 Å². The molecule has 0 unspecified atom stereocenters. The van der Waals surface area contributed by atoms with Crippen molar-refractivity contribution >= 4 is 17.9 Å². The molecule has 0 aromatic heterocycles. The van der Waals surface area contributed by atoms with Gasteiger partial charge in [-0.3, -0.25) is 9.59 Å². The highest BCUT2D eigenvalue weighted by molar-refractivity contribution is 5.88. The van der Waals surface area contributed by atoms with Gasteiger partial charge in [-0.15, -0.1) is 0 Å². The quantitative estimate of drug-likeness (QED) is 0.0993. The third kappa shape index (κ3) is 12.6. The summed E-state index contributed by atoms with van der Waals surface area (Å²) in [5.41, 5.74) is 1.51. The molecule has 0 saturated carbocycles. The van der Waals surface area contributed by atoms with Crippen molar-refractivity contribution < 1.29 is 38.0 Å². The molecular weight excluding hydrogens is 578 g/mol. The molecule has 45 heavy (non-hydrogen) atoms. The van der Waals surface area contributed by atoms with Crippen molar-refractivity contribution in [2.45, 2.75) is 12.8 Å². The van der Waals surface area contributed by atoms with E-state index in [0.717, 1.165) is 31.5 Å². The maximum atomic E-state index is 12.0. The summed E-state index contributed by atoms with van der Waals surface area (Å²) in [7, 11) is 9.28. The van der Waals surface area contributed by atoms with Gasteiger partial charge in [-0.05, 0) is 61.8 Å². The van der Waals surface area contributed by atoms with Gasteiger partial charge in [0.2, 0.25) is 23.3 Å². The maximum absolute atomic E-state index is 12.0. The lowest BCUT2D eigenvalue weighted by Gasteiger charge is -2.12. The Kier molecular flexibility index (Phi) is 16.7. The highest BCUT2D eigenvalue weighted by atomic mass is 16.5. The van der Waals surface area contributed by atoms with Crippen LogP contribution in [0.15, 0.2) is 54.6 Å². The Morgan fingerprint density at radius 1 is 0.644 bits per heavy atom. The van der Waals surface area contributed by atoms with Crippen LogP contribution >= 0.6 is 0 Å². The van der Waals surface area contributed by atoms with Gasteiger partial charge in [0.25, 0.3) is 0 Å². The van der Waals surface area contributed by atoms with Crippen LogP contribution in [0.4, 0.5) is 0 Å². The van der Waals surface area contributed by atoms with Crippen molar-refractivity contribution in [3.63, 3.8) is 0 Å². The molecule has 11 nitrogen and oxygen atoms in total. The molecule has 242 valence electrons. The van der Waals surface area contributed by atoms with E-state index in [1.165, 1.54) is 39.6 Å². The molecule has 0 atom stereocenters. The molecule has 11 heteroatoms. The summed E-state index contributed by atoms with van der Waals surface area (Å²) in [6, 6.07) is 7.12. The van der Waals surface area contributed by atoms with Crippen LogP contribution in [0.25, 0.3) is 6.08 Å². The topological polar surface area (TPSA) is 126 Å². The fourth-order valence-electron chi connectivity index (χ4n) is 4.00. The fourth-order valence-corrected chi connectivity index (χ4v) is 4.00. The summed E-state index contributed by atoms with van der Waals surface area (Å²) < 4.78 is 32.0. The molecule has 0 radical (unpaired) electrons. The van der Waals surface area contributed by atoms with Crippen LogP contribution in [-0.2, 0) is 9.59 Å². The number of ether oxygens (including phenoxy) is 6. The van der Waals surface area contributed by atoms with E-state index in [1.54, 1.807) is 45.6 Å². The second-order valence-electron chi connectivity index (χ2n) is 9.23. The van der Waals surface area contributed by atoms with Crippen molar-refractivity contribution in [3.05, 3.63) is 65.8 Å². The van der Waals surface area contributed by atoms with Crippen molar-refractivity contribution in [2.75, 3.05) is 68.8 Å². The number of hydrogen-bond donors (Lipinski definition) is 3. The monoisotopic (exact) mass is 621 g/mol. The molecule has 0 aliphatic carbocycles. The largest absolute Gasteiger partial charge is 0.493 e. The lowest BCUT2D eigenvalue weighted by molar-refractivity contribution is -0.117. The van der Waals surface area contributed by atoms with Crippen molar-refractivity contribution in [1.29, 1.82) is 0 Å². The van der Waals surface area contributed by atoms with E-state index in [-0.39, 0.29) is 11.8 Å². The van der Waals surface area contributed by atoms with Gasteiger partial charge in [-0.1, -0.05) is 30.1 Å². The summed E-state index contributed by atoms with van der Waals surface area (Å²) in [4.78, 5) is 24.1. The number of methoxy groups -OCH3 is 6. The molecule has 0 aliphatic heterocycles. The molecule has 0 aliphatic rings. The first-order chi connectivity index (χ1) is 21.9. The average molecular weight is 622 g/mol. The van der Waals surface area contributed by atoms with Gasteiger partial charge < -0.3 is 44.4 Å². The summed E-state index contributed by atoms with van der Waals surface area (Å²) in [6.45, 7) is 2.56. The highest BCUT2D eigenvalue weighted by Gasteiger charge is 2.13. The number of carbonyl (C=O) groups excluding carboxylic acids is 2. The van der Waals surface area contributed by atoms with E-state index in [4.69, 9.17) is 28.4 Å². The molecule has 2 rings (SSSR count). The Morgan fingerprint density at radius 3 is 1.62 bits per heavy atom. The minimum absolute atomic E-state index is 0.173. The molecule has 0 heterocycles. The van der Waals surface area contributed by atoms with E-state index >= 15 is 0 Å². The van der Waals surface area contributed by atoms with Gasteiger partial charge in [0, 0.05) is 30.8 Å². The lowest BCUT2D eigenvalue weighted by atomic mass is 10.1. The summed E-state index contributed by atoms with van der Waals surface area (Å²) in [6.07, 6.45) is 11.2. The van der Waals surface area contributed by atoms with Gasteiger partial charge in [0.15, 0.2) is 23.0 Å². The molecule has 0 saturated heterocycles. The third-order valence-corrected chi connectivity index (χ3v) is 6.19. The second-order valence-corrected chi connectivity index (χ2v) is 9.23. The maximum Gasteiger partial charge on any atom is 0.244 e. The van der Waals surface area contributed by atoms with Crippen LogP contribution in [0.2, 0.25) is 0 Å². The normalized spacial score (nSPS) is 10.8. The van der Waals surface area contributed by atoms with Gasteiger partial charge >= 0.3 is 0 Å². The van der Waals surface area contributed by atoms with Crippen LogP contribution in [0.3, 0.4) is 0 Å². The van der Waals surface area contributed by atoms with E-state index in [9.17, 15) is 9.59 Å². The average Bonchev–Trinajstić information content (AvgIpc) is 3.06. The molecule has 0 fully saturated rings. The standard InChI is InChI=1S/C34H43N3O8/c1-40-27-21-25(22-28(41-2)33(27)44-5)13-7-9-15-31(38)36-19-11-17-35-18-12-20-37-32(39)16-10-8-14-26-23-29(42-3)34(45-6)30(24-26)43-4/h7,9-10,13,15-16,21-24,35H,11-12,17-20H2,1-6H3,(H,36,38)(H,37,39)/b13-7+,15-9+,16-10+. The van der Waals surface area contributed by atoms with Crippen LogP contribution in [-0.4, -0.2) is 80.7 Å². The number of nitrogens with one attached hydrogen (secondary N) is 3. The number of benzene rings is 2. The predicted molar refractivity (Wildman–Crippen MR) is 175 cm³/mol. The van der Waals surface area contributed by atoms with Crippen LogP contribution < -0.4 is 44.4 Å². The van der Waals surface area contributed by atoms with E-state index in [1.807, 2.05) is 18.2 Å². The molecule has 0 spiro atoms.